The van der Waals surface area contributed by atoms with E-state index in [4.69, 9.17) is 14.6 Å². The zero-order chi connectivity index (χ0) is 15.3. The van der Waals surface area contributed by atoms with Crippen molar-refractivity contribution in [2.75, 3.05) is 12.1 Å². The summed E-state index contributed by atoms with van der Waals surface area (Å²) in [6, 6.07) is 0. The Kier molecular flexibility index (Phi) is 4.68. The molecule has 0 radical (unpaired) electrons. The Morgan fingerprint density at radius 3 is 2.55 bits per heavy atom. The largest absolute Gasteiger partial charge is 0.479 e. The van der Waals surface area contributed by atoms with Crippen LogP contribution in [-0.2, 0) is 4.74 Å². The van der Waals surface area contributed by atoms with Gasteiger partial charge in [-0.05, 0) is 20.8 Å². The topological polar surface area (TPSA) is 114 Å². The number of carbonyl (C=O) groups excluding carboxylic acids is 1. The predicted octanol–water partition coefficient (Wildman–Crippen LogP) is 1.41. The maximum atomic E-state index is 12.0. The van der Waals surface area contributed by atoms with E-state index in [1.165, 1.54) is 19.6 Å². The molecule has 0 saturated heterocycles. The van der Waals surface area contributed by atoms with Gasteiger partial charge in [0.1, 0.15) is 11.9 Å². The van der Waals surface area contributed by atoms with Crippen LogP contribution in [0, 0.1) is 0 Å². The first-order valence-corrected chi connectivity index (χ1v) is 5.61. The van der Waals surface area contributed by atoms with E-state index in [-0.39, 0.29) is 11.6 Å². The van der Waals surface area contributed by atoms with E-state index in [1.807, 2.05) is 5.43 Å². The second-order valence-corrected chi connectivity index (χ2v) is 4.65. The quantitative estimate of drug-likeness (QED) is 0.789. The summed E-state index contributed by atoms with van der Waals surface area (Å²) in [5.41, 5.74) is 1.14. The van der Waals surface area contributed by atoms with Gasteiger partial charge in [0.2, 0.25) is 5.88 Å². The van der Waals surface area contributed by atoms with Gasteiger partial charge in [-0.15, -0.1) is 0 Å². The van der Waals surface area contributed by atoms with Gasteiger partial charge in [0.05, 0.1) is 13.3 Å². The molecule has 0 aliphatic carbocycles. The molecule has 1 heterocycles. The van der Waals surface area contributed by atoms with Crippen molar-refractivity contribution in [2.45, 2.75) is 26.4 Å². The van der Waals surface area contributed by atoms with Gasteiger partial charge in [0.15, 0.2) is 5.69 Å². The van der Waals surface area contributed by atoms with Crippen LogP contribution >= 0.6 is 0 Å². The van der Waals surface area contributed by atoms with E-state index < -0.39 is 17.8 Å². The van der Waals surface area contributed by atoms with Gasteiger partial charge >= 0.3 is 12.2 Å². The maximum absolute atomic E-state index is 12.0. The van der Waals surface area contributed by atoms with Gasteiger partial charge in [-0.25, -0.2) is 20.0 Å². The zero-order valence-electron chi connectivity index (χ0n) is 11.6. The average Bonchev–Trinajstić information content (AvgIpc) is 2.33. The lowest BCUT2D eigenvalue weighted by Gasteiger charge is -2.26. The number of hydrogen-bond donors (Lipinski definition) is 2. The molecule has 0 atom stereocenters. The van der Waals surface area contributed by atoms with E-state index in [0.29, 0.717) is 5.01 Å². The summed E-state index contributed by atoms with van der Waals surface area (Å²) < 4.78 is 10.1. The van der Waals surface area contributed by atoms with Crippen molar-refractivity contribution in [1.82, 2.24) is 15.4 Å². The number of amides is 2. The van der Waals surface area contributed by atoms with E-state index in [0.717, 1.165) is 0 Å². The second-order valence-electron chi connectivity index (χ2n) is 4.65. The SMILES string of the molecule is COc1ncncc1N(NC(=O)O)C(=O)OC(C)(C)C. The Morgan fingerprint density at radius 2 is 2.05 bits per heavy atom. The van der Waals surface area contributed by atoms with Crippen molar-refractivity contribution in [3.8, 4) is 5.88 Å². The number of aromatic nitrogens is 2. The molecule has 0 unspecified atom stereocenters. The highest BCUT2D eigenvalue weighted by molar-refractivity contribution is 5.91. The number of carboxylic acid groups (broad SMARTS) is 1. The lowest BCUT2D eigenvalue weighted by atomic mass is 10.2. The molecule has 9 heteroatoms. The minimum absolute atomic E-state index is 0.0200. The van der Waals surface area contributed by atoms with Gasteiger partial charge in [0, 0.05) is 0 Å². The second kappa shape index (κ2) is 6.04. The van der Waals surface area contributed by atoms with Crippen molar-refractivity contribution in [3.63, 3.8) is 0 Å². The highest BCUT2D eigenvalue weighted by Crippen LogP contribution is 2.24. The molecule has 0 fully saturated rings. The molecule has 2 amide bonds. The fourth-order valence-corrected chi connectivity index (χ4v) is 1.23. The standard InChI is InChI=1S/C11H16N4O5/c1-11(2,3)20-10(18)15(14-9(16)17)7-5-12-6-13-8(7)19-4/h5-6,14H,1-4H3,(H,16,17). The summed E-state index contributed by atoms with van der Waals surface area (Å²) in [5.74, 6) is 0.0274. The molecule has 0 aromatic carbocycles. The van der Waals surface area contributed by atoms with Crippen molar-refractivity contribution >= 4 is 17.9 Å². The number of ether oxygens (including phenoxy) is 2. The number of hydrogen-bond acceptors (Lipinski definition) is 6. The van der Waals surface area contributed by atoms with Gasteiger partial charge in [0.25, 0.3) is 0 Å². The third-order valence-electron chi connectivity index (χ3n) is 1.88. The smallest absolute Gasteiger partial charge is 0.434 e. The highest BCUT2D eigenvalue weighted by atomic mass is 16.6. The summed E-state index contributed by atoms with van der Waals surface area (Å²) in [6.07, 6.45) is 0.0666. The van der Waals surface area contributed by atoms with E-state index in [2.05, 4.69) is 9.97 Å². The third kappa shape index (κ3) is 4.26. The molecule has 110 valence electrons. The van der Waals surface area contributed by atoms with Crippen LogP contribution < -0.4 is 15.2 Å². The van der Waals surface area contributed by atoms with Crippen molar-refractivity contribution in [1.29, 1.82) is 0 Å². The van der Waals surface area contributed by atoms with Crippen LogP contribution in [0.5, 0.6) is 5.88 Å². The van der Waals surface area contributed by atoms with Crippen LogP contribution in [0.25, 0.3) is 0 Å². The van der Waals surface area contributed by atoms with Crippen molar-refractivity contribution in [2.24, 2.45) is 0 Å². The lowest BCUT2D eigenvalue weighted by Crippen LogP contribution is -2.48. The summed E-state index contributed by atoms with van der Waals surface area (Å²) >= 11 is 0. The summed E-state index contributed by atoms with van der Waals surface area (Å²) in [6.45, 7) is 4.97. The Bertz CT molecular complexity index is 500. The van der Waals surface area contributed by atoms with E-state index in [9.17, 15) is 9.59 Å². The number of carbonyl (C=O) groups is 2. The summed E-state index contributed by atoms with van der Waals surface area (Å²) in [7, 11) is 1.33. The molecule has 9 nitrogen and oxygen atoms in total. The van der Waals surface area contributed by atoms with Gasteiger partial charge < -0.3 is 14.6 Å². The van der Waals surface area contributed by atoms with Crippen LogP contribution in [0.15, 0.2) is 12.5 Å². The van der Waals surface area contributed by atoms with Crippen LogP contribution in [0.2, 0.25) is 0 Å². The molecule has 0 saturated carbocycles. The maximum Gasteiger partial charge on any atom is 0.434 e. The van der Waals surface area contributed by atoms with Gasteiger partial charge in [-0.2, -0.15) is 9.99 Å². The van der Waals surface area contributed by atoms with Crippen LogP contribution in [0.4, 0.5) is 15.3 Å². The normalized spacial score (nSPS) is 10.6. The molecule has 0 aliphatic rings. The fraction of sp³-hybridized carbons (Fsp3) is 0.455. The number of methoxy groups -OCH3 is 1. The molecule has 1 rings (SSSR count). The van der Waals surface area contributed by atoms with Crippen molar-refractivity contribution in [3.05, 3.63) is 12.5 Å². The average molecular weight is 284 g/mol. The monoisotopic (exact) mass is 284 g/mol. The minimum atomic E-state index is -1.44. The Hall–Kier alpha value is -2.58. The van der Waals surface area contributed by atoms with E-state index >= 15 is 0 Å². The van der Waals surface area contributed by atoms with Gasteiger partial charge in [-0.1, -0.05) is 0 Å². The number of nitrogens with one attached hydrogen (secondary N) is 1. The Balaban J connectivity index is 3.12. The molecule has 20 heavy (non-hydrogen) atoms. The molecule has 0 spiro atoms. The number of nitrogens with zero attached hydrogens (tertiary/aromatic N) is 3. The fourth-order valence-electron chi connectivity index (χ4n) is 1.23. The molecular weight excluding hydrogens is 268 g/mol. The molecule has 2 N–H and O–H groups in total. The third-order valence-corrected chi connectivity index (χ3v) is 1.88. The van der Waals surface area contributed by atoms with Gasteiger partial charge in [-0.3, -0.25) is 0 Å². The minimum Gasteiger partial charge on any atom is -0.479 e. The van der Waals surface area contributed by atoms with Crippen molar-refractivity contribution < 1.29 is 24.2 Å². The van der Waals surface area contributed by atoms with Crippen LogP contribution in [0.1, 0.15) is 20.8 Å². The Morgan fingerprint density at radius 1 is 1.40 bits per heavy atom. The van der Waals surface area contributed by atoms with Crippen LogP contribution in [0.3, 0.4) is 0 Å². The summed E-state index contributed by atoms with van der Waals surface area (Å²) in [5, 5.41) is 9.47. The number of anilines is 1. The Labute approximate surface area is 115 Å². The zero-order valence-corrected chi connectivity index (χ0v) is 11.6. The lowest BCUT2D eigenvalue weighted by molar-refractivity contribution is 0.0557. The summed E-state index contributed by atoms with van der Waals surface area (Å²) in [4.78, 5) is 30.4. The predicted molar refractivity (Wildman–Crippen MR) is 68.5 cm³/mol. The highest BCUT2D eigenvalue weighted by Gasteiger charge is 2.28. The first kappa shape index (κ1) is 15.5. The van der Waals surface area contributed by atoms with E-state index in [1.54, 1.807) is 20.8 Å². The first-order valence-electron chi connectivity index (χ1n) is 5.61. The first-order chi connectivity index (χ1) is 9.24. The number of rotatable bonds is 2. The molecule has 1 aromatic heterocycles. The molecular formula is C11H16N4O5. The molecule has 1 aromatic rings. The van der Waals surface area contributed by atoms with Crippen LogP contribution in [-0.4, -0.2) is 40.0 Å². The number of hydrazine groups is 1. The molecule has 0 bridgehead atoms. The molecule has 0 aliphatic heterocycles.